The molecule has 6 heteroatoms. The van der Waals surface area contributed by atoms with Gasteiger partial charge in [0, 0.05) is 10.4 Å². The average molecular weight is 364 g/mol. The SMILES string of the molecule is O=C(c1ccc2c(c1)OCO2)N(Cc1ccccc1)/N=C\c1cccs1. The smallest absolute Gasteiger partial charge is 0.274 e. The summed E-state index contributed by atoms with van der Waals surface area (Å²) in [5.74, 6) is 1.04. The predicted octanol–water partition coefficient (Wildman–Crippen LogP) is 4.15. The van der Waals surface area contributed by atoms with Crippen LogP contribution in [-0.2, 0) is 6.54 Å². The average Bonchev–Trinajstić information content (AvgIpc) is 3.36. The normalized spacial score (nSPS) is 12.5. The number of benzene rings is 2. The van der Waals surface area contributed by atoms with Crippen molar-refractivity contribution in [1.29, 1.82) is 0 Å². The van der Waals surface area contributed by atoms with Crippen molar-refractivity contribution >= 4 is 23.5 Å². The molecule has 0 radical (unpaired) electrons. The van der Waals surface area contributed by atoms with Gasteiger partial charge in [0.15, 0.2) is 11.5 Å². The van der Waals surface area contributed by atoms with Gasteiger partial charge >= 0.3 is 0 Å². The Kier molecular flexibility index (Phi) is 4.66. The molecule has 1 aliphatic heterocycles. The Balaban J connectivity index is 1.61. The van der Waals surface area contributed by atoms with E-state index in [4.69, 9.17) is 9.47 Å². The van der Waals surface area contributed by atoms with Crippen LogP contribution in [0, 0.1) is 0 Å². The second-order valence-electron chi connectivity index (χ2n) is 5.68. The van der Waals surface area contributed by atoms with E-state index in [2.05, 4.69) is 5.10 Å². The van der Waals surface area contributed by atoms with E-state index >= 15 is 0 Å². The summed E-state index contributed by atoms with van der Waals surface area (Å²) < 4.78 is 10.7. The quantitative estimate of drug-likeness (QED) is 0.505. The molecule has 1 amide bonds. The molecule has 130 valence electrons. The summed E-state index contributed by atoms with van der Waals surface area (Å²) in [6.07, 6.45) is 1.71. The monoisotopic (exact) mass is 364 g/mol. The molecule has 3 aromatic rings. The zero-order valence-electron chi connectivity index (χ0n) is 13.9. The molecule has 0 spiro atoms. The van der Waals surface area contributed by atoms with Crippen LogP contribution >= 0.6 is 11.3 Å². The van der Waals surface area contributed by atoms with Gasteiger partial charge in [-0.15, -0.1) is 11.3 Å². The number of nitrogens with zero attached hydrogens (tertiary/aromatic N) is 2. The Morgan fingerprint density at radius 1 is 1.08 bits per heavy atom. The first-order chi connectivity index (χ1) is 12.8. The van der Waals surface area contributed by atoms with Crippen molar-refractivity contribution in [3.05, 3.63) is 82.0 Å². The highest BCUT2D eigenvalue weighted by Gasteiger charge is 2.20. The Hall–Kier alpha value is -3.12. The first-order valence-electron chi connectivity index (χ1n) is 8.12. The Morgan fingerprint density at radius 2 is 1.92 bits per heavy atom. The van der Waals surface area contributed by atoms with E-state index in [-0.39, 0.29) is 12.7 Å². The summed E-state index contributed by atoms with van der Waals surface area (Å²) in [6.45, 7) is 0.563. The van der Waals surface area contributed by atoms with Gasteiger partial charge in [-0.2, -0.15) is 5.10 Å². The highest BCUT2D eigenvalue weighted by molar-refractivity contribution is 7.11. The van der Waals surface area contributed by atoms with Crippen LogP contribution in [-0.4, -0.2) is 23.9 Å². The molecule has 1 aromatic heterocycles. The van der Waals surface area contributed by atoms with Crippen molar-refractivity contribution in [2.75, 3.05) is 6.79 Å². The molecule has 5 nitrogen and oxygen atoms in total. The molecular formula is C20H16N2O3S. The second kappa shape index (κ2) is 7.41. The number of carbonyl (C=O) groups is 1. The molecule has 2 aromatic carbocycles. The molecule has 0 saturated heterocycles. The number of hydrogen-bond donors (Lipinski definition) is 0. The Bertz CT molecular complexity index is 923. The number of hydrogen-bond acceptors (Lipinski definition) is 5. The third-order valence-corrected chi connectivity index (χ3v) is 4.70. The maximum absolute atomic E-state index is 13.0. The minimum Gasteiger partial charge on any atom is -0.454 e. The largest absolute Gasteiger partial charge is 0.454 e. The summed E-state index contributed by atoms with van der Waals surface area (Å²) in [5.41, 5.74) is 1.51. The van der Waals surface area contributed by atoms with Crippen LogP contribution < -0.4 is 9.47 Å². The lowest BCUT2D eigenvalue weighted by atomic mass is 10.1. The zero-order valence-corrected chi connectivity index (χ0v) is 14.7. The van der Waals surface area contributed by atoms with E-state index in [1.54, 1.807) is 35.8 Å². The molecule has 0 fully saturated rings. The van der Waals surface area contributed by atoms with Crippen molar-refractivity contribution in [2.45, 2.75) is 6.54 Å². The van der Waals surface area contributed by atoms with Crippen molar-refractivity contribution in [1.82, 2.24) is 5.01 Å². The molecule has 2 heterocycles. The van der Waals surface area contributed by atoms with Crippen LogP contribution in [0.5, 0.6) is 11.5 Å². The van der Waals surface area contributed by atoms with Gasteiger partial charge in [-0.3, -0.25) is 4.79 Å². The summed E-state index contributed by atoms with van der Waals surface area (Å²) in [4.78, 5) is 14.0. The number of hydrazone groups is 1. The maximum Gasteiger partial charge on any atom is 0.274 e. The van der Waals surface area contributed by atoms with E-state index < -0.39 is 0 Å². The summed E-state index contributed by atoms with van der Waals surface area (Å²) >= 11 is 1.57. The molecule has 0 aliphatic carbocycles. The van der Waals surface area contributed by atoms with Gasteiger partial charge in [0.05, 0.1) is 12.8 Å². The van der Waals surface area contributed by atoms with Crippen LogP contribution in [0.3, 0.4) is 0 Å². The Morgan fingerprint density at radius 3 is 2.73 bits per heavy atom. The van der Waals surface area contributed by atoms with Crippen LogP contribution in [0.1, 0.15) is 20.8 Å². The lowest BCUT2D eigenvalue weighted by molar-refractivity contribution is 0.0749. The molecule has 0 unspecified atom stereocenters. The second-order valence-corrected chi connectivity index (χ2v) is 6.66. The van der Waals surface area contributed by atoms with Gasteiger partial charge < -0.3 is 9.47 Å². The predicted molar refractivity (Wildman–Crippen MR) is 101 cm³/mol. The number of ether oxygens (including phenoxy) is 2. The van der Waals surface area contributed by atoms with Gasteiger partial charge in [0.1, 0.15) is 0 Å². The number of rotatable bonds is 5. The van der Waals surface area contributed by atoms with Crippen LogP contribution in [0.25, 0.3) is 0 Å². The van der Waals surface area contributed by atoms with Crippen LogP contribution in [0.2, 0.25) is 0 Å². The standard InChI is InChI=1S/C20H16N2O3S/c23-20(16-8-9-18-19(11-16)25-14-24-18)22(13-15-5-2-1-3-6-15)21-12-17-7-4-10-26-17/h1-12H,13-14H2/b21-12-. The van der Waals surface area contributed by atoms with E-state index in [0.717, 1.165) is 10.4 Å². The molecule has 0 saturated carbocycles. The highest BCUT2D eigenvalue weighted by atomic mass is 32.1. The molecule has 0 atom stereocenters. The lowest BCUT2D eigenvalue weighted by Crippen LogP contribution is -2.25. The molecule has 0 bridgehead atoms. The van der Waals surface area contributed by atoms with Crippen molar-refractivity contribution < 1.29 is 14.3 Å². The van der Waals surface area contributed by atoms with Crippen LogP contribution in [0.15, 0.2) is 71.1 Å². The molecule has 4 rings (SSSR count). The lowest BCUT2D eigenvalue weighted by Gasteiger charge is -2.17. The van der Waals surface area contributed by atoms with Gasteiger partial charge in [-0.1, -0.05) is 36.4 Å². The fourth-order valence-corrected chi connectivity index (χ4v) is 3.17. The summed E-state index contributed by atoms with van der Waals surface area (Å²) in [6, 6.07) is 18.9. The van der Waals surface area contributed by atoms with E-state index in [9.17, 15) is 4.79 Å². The molecular weight excluding hydrogens is 348 g/mol. The van der Waals surface area contributed by atoms with E-state index in [1.165, 1.54) is 5.01 Å². The Labute approximate surface area is 155 Å². The van der Waals surface area contributed by atoms with E-state index in [1.807, 2.05) is 47.8 Å². The maximum atomic E-state index is 13.0. The highest BCUT2D eigenvalue weighted by Crippen LogP contribution is 2.33. The number of fused-ring (bicyclic) bond motifs is 1. The number of thiophene rings is 1. The minimum atomic E-state index is -0.194. The number of amides is 1. The first kappa shape index (κ1) is 16.4. The zero-order chi connectivity index (χ0) is 17.8. The molecule has 26 heavy (non-hydrogen) atoms. The summed E-state index contributed by atoms with van der Waals surface area (Å²) in [5, 5.41) is 7.87. The minimum absolute atomic E-state index is 0.178. The first-order valence-corrected chi connectivity index (χ1v) is 9.00. The van der Waals surface area contributed by atoms with Gasteiger partial charge in [-0.05, 0) is 35.2 Å². The van der Waals surface area contributed by atoms with Gasteiger partial charge in [0.2, 0.25) is 6.79 Å². The van der Waals surface area contributed by atoms with Crippen molar-refractivity contribution in [2.24, 2.45) is 5.10 Å². The van der Waals surface area contributed by atoms with Gasteiger partial charge in [-0.25, -0.2) is 5.01 Å². The van der Waals surface area contributed by atoms with Crippen LogP contribution in [0.4, 0.5) is 0 Å². The fraction of sp³-hybridized carbons (Fsp3) is 0.100. The topological polar surface area (TPSA) is 51.1 Å². The third-order valence-electron chi connectivity index (χ3n) is 3.90. The van der Waals surface area contributed by atoms with Gasteiger partial charge in [0.25, 0.3) is 5.91 Å². The summed E-state index contributed by atoms with van der Waals surface area (Å²) in [7, 11) is 0. The third kappa shape index (κ3) is 3.60. The van der Waals surface area contributed by atoms with E-state index in [0.29, 0.717) is 23.6 Å². The van der Waals surface area contributed by atoms with Crippen molar-refractivity contribution in [3.63, 3.8) is 0 Å². The molecule has 1 aliphatic rings. The molecule has 0 N–H and O–H groups in total. The fourth-order valence-electron chi connectivity index (χ4n) is 2.59. The number of carbonyl (C=O) groups excluding carboxylic acids is 1. The van der Waals surface area contributed by atoms with Crippen molar-refractivity contribution in [3.8, 4) is 11.5 Å².